The second kappa shape index (κ2) is 5.25. The molecule has 0 radical (unpaired) electrons. The molecule has 0 aliphatic rings. The summed E-state index contributed by atoms with van der Waals surface area (Å²) >= 11 is 6.67. The summed E-state index contributed by atoms with van der Waals surface area (Å²) in [4.78, 5) is 0. The van der Waals surface area contributed by atoms with E-state index in [0.717, 1.165) is 3.00 Å². The number of thiocarbonyl (C=S) groups is 1. The number of hydrogen-bond donors (Lipinski definition) is 1. The number of halogens is 1. The molecule has 0 amide bonds. The van der Waals surface area contributed by atoms with Gasteiger partial charge in [0.05, 0.1) is 12.5 Å². The van der Waals surface area contributed by atoms with Crippen molar-refractivity contribution in [2.24, 2.45) is 0 Å². The Morgan fingerprint density at radius 1 is 1.88 bits per heavy atom. The van der Waals surface area contributed by atoms with E-state index in [4.69, 9.17) is 5.26 Å². The van der Waals surface area contributed by atoms with Gasteiger partial charge in [0.1, 0.15) is 3.00 Å². The van der Waals surface area contributed by atoms with Gasteiger partial charge in [-0.1, -0.05) is 12.2 Å². The van der Waals surface area contributed by atoms with Crippen LogP contribution in [0.15, 0.2) is 0 Å². The summed E-state index contributed by atoms with van der Waals surface area (Å²) in [5.74, 6) is 0. The van der Waals surface area contributed by atoms with Crippen molar-refractivity contribution < 1.29 is 0 Å². The molecule has 0 aromatic heterocycles. The molecule has 44 valence electrons. The lowest BCUT2D eigenvalue weighted by Gasteiger charge is -1.93. The molecule has 0 spiro atoms. The van der Waals surface area contributed by atoms with Crippen LogP contribution in [0.25, 0.3) is 0 Å². The van der Waals surface area contributed by atoms with Gasteiger partial charge in [-0.15, -0.1) is 0 Å². The highest BCUT2D eigenvalue weighted by molar-refractivity contribution is 14.1. The van der Waals surface area contributed by atoms with E-state index in [0.29, 0.717) is 13.0 Å². The zero-order chi connectivity index (χ0) is 6.41. The van der Waals surface area contributed by atoms with Crippen LogP contribution in [0.3, 0.4) is 0 Å². The van der Waals surface area contributed by atoms with Crippen LogP contribution >= 0.6 is 34.8 Å². The van der Waals surface area contributed by atoms with Gasteiger partial charge in [0, 0.05) is 6.54 Å². The molecule has 0 fully saturated rings. The monoisotopic (exact) mass is 240 g/mol. The SMILES string of the molecule is N#CCCNC(=S)I. The number of hydrogen-bond acceptors (Lipinski definition) is 2. The zero-order valence-electron chi connectivity index (χ0n) is 4.15. The summed E-state index contributed by atoms with van der Waals surface area (Å²) in [5.41, 5.74) is 0. The fourth-order valence-corrected chi connectivity index (χ4v) is 0.588. The van der Waals surface area contributed by atoms with Gasteiger partial charge in [0.2, 0.25) is 0 Å². The van der Waals surface area contributed by atoms with Gasteiger partial charge >= 0.3 is 0 Å². The third kappa shape index (κ3) is 6.11. The summed E-state index contributed by atoms with van der Waals surface area (Å²) in [6.07, 6.45) is 0.517. The van der Waals surface area contributed by atoms with Crippen molar-refractivity contribution in [3.05, 3.63) is 0 Å². The Hall–Kier alpha value is 0.110. The fourth-order valence-electron chi connectivity index (χ4n) is 0.217. The molecule has 0 aliphatic carbocycles. The Morgan fingerprint density at radius 2 is 2.50 bits per heavy atom. The summed E-state index contributed by atoms with van der Waals surface area (Å²) in [5, 5.41) is 10.9. The molecule has 0 heterocycles. The number of nitrogens with zero attached hydrogens (tertiary/aromatic N) is 1. The van der Waals surface area contributed by atoms with E-state index >= 15 is 0 Å². The standard InChI is InChI=1S/C4H5IN2S/c5-4(8)7-3-1-2-6/h1,3H2,(H,7,8). The first-order valence-corrected chi connectivity index (χ1v) is 3.56. The van der Waals surface area contributed by atoms with Crippen molar-refractivity contribution in [2.45, 2.75) is 6.42 Å². The van der Waals surface area contributed by atoms with Crippen molar-refractivity contribution in [1.82, 2.24) is 5.32 Å². The smallest absolute Gasteiger partial charge is 0.137 e. The van der Waals surface area contributed by atoms with Crippen LogP contribution in [0.1, 0.15) is 6.42 Å². The maximum atomic E-state index is 8.04. The van der Waals surface area contributed by atoms with Crippen LogP contribution in [-0.4, -0.2) is 9.54 Å². The molecule has 0 aliphatic heterocycles. The summed E-state index contributed by atoms with van der Waals surface area (Å²) < 4.78 is 0.720. The van der Waals surface area contributed by atoms with Crippen LogP contribution in [-0.2, 0) is 0 Å². The highest BCUT2D eigenvalue weighted by Crippen LogP contribution is 1.83. The molecule has 2 nitrogen and oxygen atoms in total. The van der Waals surface area contributed by atoms with E-state index in [9.17, 15) is 0 Å². The first-order valence-electron chi connectivity index (χ1n) is 2.07. The van der Waals surface area contributed by atoms with Gasteiger partial charge in [0.15, 0.2) is 0 Å². The largest absolute Gasteiger partial charge is 0.370 e. The van der Waals surface area contributed by atoms with E-state index in [1.807, 2.05) is 28.7 Å². The topological polar surface area (TPSA) is 35.8 Å². The van der Waals surface area contributed by atoms with Crippen LogP contribution in [0.5, 0.6) is 0 Å². The lowest BCUT2D eigenvalue weighted by molar-refractivity contribution is 0.918. The molecule has 0 saturated carbocycles. The fraction of sp³-hybridized carbons (Fsp3) is 0.500. The number of nitriles is 1. The second-order valence-corrected chi connectivity index (χ2v) is 3.33. The second-order valence-electron chi connectivity index (χ2n) is 1.11. The minimum absolute atomic E-state index is 0.517. The molecule has 0 aromatic carbocycles. The zero-order valence-corrected chi connectivity index (χ0v) is 7.12. The number of nitrogens with one attached hydrogen (secondary N) is 1. The predicted octanol–water partition coefficient (Wildman–Crippen LogP) is 1.21. The first-order chi connectivity index (χ1) is 3.77. The molecule has 0 rings (SSSR count). The van der Waals surface area contributed by atoms with E-state index in [2.05, 4.69) is 17.5 Å². The average molecular weight is 240 g/mol. The van der Waals surface area contributed by atoms with Gasteiger partial charge in [-0.05, 0) is 22.6 Å². The molecular formula is C4H5IN2S. The van der Waals surface area contributed by atoms with Crippen LogP contribution < -0.4 is 5.32 Å². The van der Waals surface area contributed by atoms with Gasteiger partial charge < -0.3 is 5.32 Å². The van der Waals surface area contributed by atoms with Gasteiger partial charge in [-0.25, -0.2) is 0 Å². The van der Waals surface area contributed by atoms with Crippen molar-refractivity contribution in [2.75, 3.05) is 6.54 Å². The molecule has 0 saturated heterocycles. The first kappa shape index (κ1) is 8.11. The predicted molar refractivity (Wildman–Crippen MR) is 44.9 cm³/mol. The normalized spacial score (nSPS) is 7.50. The Balaban J connectivity index is 2.97. The van der Waals surface area contributed by atoms with E-state index in [1.54, 1.807) is 0 Å². The highest BCUT2D eigenvalue weighted by atomic mass is 127. The molecule has 0 aromatic rings. The highest BCUT2D eigenvalue weighted by Gasteiger charge is 1.83. The minimum atomic E-state index is 0.517. The van der Waals surface area contributed by atoms with Crippen LogP contribution in [0.4, 0.5) is 0 Å². The lowest BCUT2D eigenvalue weighted by Crippen LogP contribution is -2.15. The summed E-state index contributed by atoms with van der Waals surface area (Å²) in [6.45, 7) is 0.665. The van der Waals surface area contributed by atoms with Crippen molar-refractivity contribution in [3.8, 4) is 6.07 Å². The number of rotatable bonds is 2. The third-order valence-corrected chi connectivity index (χ3v) is 1.03. The molecular weight excluding hydrogens is 235 g/mol. The molecule has 0 bridgehead atoms. The Morgan fingerprint density at radius 3 is 2.88 bits per heavy atom. The molecule has 0 atom stereocenters. The average Bonchev–Trinajstić information content (AvgIpc) is 1.66. The van der Waals surface area contributed by atoms with Crippen molar-refractivity contribution in [3.63, 3.8) is 0 Å². The minimum Gasteiger partial charge on any atom is -0.370 e. The van der Waals surface area contributed by atoms with Gasteiger partial charge in [0.25, 0.3) is 0 Å². The van der Waals surface area contributed by atoms with E-state index in [-0.39, 0.29) is 0 Å². The Kier molecular flexibility index (Phi) is 5.32. The Bertz CT molecular complexity index is 118. The summed E-state index contributed by atoms with van der Waals surface area (Å²) in [6, 6.07) is 2.00. The third-order valence-electron chi connectivity index (χ3n) is 0.501. The van der Waals surface area contributed by atoms with Gasteiger partial charge in [-0.3, -0.25) is 0 Å². The van der Waals surface area contributed by atoms with Crippen molar-refractivity contribution in [1.29, 1.82) is 5.26 Å². The molecule has 4 heteroatoms. The van der Waals surface area contributed by atoms with Crippen LogP contribution in [0.2, 0.25) is 0 Å². The maximum Gasteiger partial charge on any atom is 0.137 e. The molecule has 1 N–H and O–H groups in total. The Labute approximate surface area is 67.4 Å². The van der Waals surface area contributed by atoms with Gasteiger partial charge in [-0.2, -0.15) is 5.26 Å². The van der Waals surface area contributed by atoms with Crippen molar-refractivity contribution >= 4 is 37.8 Å². The van der Waals surface area contributed by atoms with E-state index < -0.39 is 0 Å². The molecule has 0 unspecified atom stereocenters. The van der Waals surface area contributed by atoms with E-state index in [1.165, 1.54) is 0 Å². The summed E-state index contributed by atoms with van der Waals surface area (Å²) in [7, 11) is 0. The van der Waals surface area contributed by atoms with Crippen LogP contribution in [0, 0.1) is 11.3 Å². The lowest BCUT2D eigenvalue weighted by atomic mass is 10.5. The molecule has 8 heavy (non-hydrogen) atoms. The quantitative estimate of drug-likeness (QED) is 0.259. The maximum absolute atomic E-state index is 8.04.